The summed E-state index contributed by atoms with van der Waals surface area (Å²) < 4.78 is 0. The Bertz CT molecular complexity index is 392. The number of carbonyl (C=O) groups is 1. The Balaban J connectivity index is 2.08. The highest BCUT2D eigenvalue weighted by atomic mass is 16.2. The van der Waals surface area contributed by atoms with Crippen LogP contribution in [-0.2, 0) is 4.79 Å². The van der Waals surface area contributed by atoms with Gasteiger partial charge in [0.25, 0.3) is 0 Å². The number of terminal acetylenes is 1. The first-order valence-corrected chi connectivity index (χ1v) is 7.12. The summed E-state index contributed by atoms with van der Waals surface area (Å²) in [4.78, 5) is 14.1. The minimum atomic E-state index is -0.495. The number of amides is 1. The molecule has 0 aromatic carbocycles. The fraction of sp³-hybridized carbons (Fsp3) is 0.733. The molecule has 1 aliphatic carbocycles. The molecule has 0 spiro atoms. The van der Waals surface area contributed by atoms with Crippen molar-refractivity contribution < 1.29 is 4.79 Å². The summed E-state index contributed by atoms with van der Waals surface area (Å²) >= 11 is 0. The largest absolute Gasteiger partial charge is 0.320 e. The molecule has 102 valence electrons. The van der Waals surface area contributed by atoms with Crippen LogP contribution in [0.1, 0.15) is 44.9 Å². The Morgan fingerprint density at radius 2 is 1.84 bits per heavy atom. The Kier molecular flexibility index (Phi) is 4.45. The third kappa shape index (κ3) is 2.74. The standard InChI is InChI=1S/C15H21N3O/c1-2-12-8-9-13(10-16)18(12)15(19)14(17)11-6-4-3-5-7-11/h1,11-14H,3-9,17H2/t12-,13+,14-/m1/s1. The lowest BCUT2D eigenvalue weighted by molar-refractivity contribution is -0.135. The van der Waals surface area contributed by atoms with Crippen molar-refractivity contribution in [3.63, 3.8) is 0 Å². The highest BCUT2D eigenvalue weighted by Crippen LogP contribution is 2.29. The van der Waals surface area contributed by atoms with Gasteiger partial charge in [0.2, 0.25) is 5.91 Å². The number of rotatable bonds is 2. The normalized spacial score (nSPS) is 29.5. The van der Waals surface area contributed by atoms with E-state index in [1.807, 2.05) is 0 Å². The van der Waals surface area contributed by atoms with Crippen molar-refractivity contribution in [2.75, 3.05) is 0 Å². The van der Waals surface area contributed by atoms with Gasteiger partial charge in [-0.05, 0) is 31.6 Å². The van der Waals surface area contributed by atoms with Gasteiger partial charge in [-0.1, -0.05) is 25.2 Å². The zero-order chi connectivity index (χ0) is 13.8. The SMILES string of the molecule is C#C[C@@H]1CC[C@@H](C#N)N1C(=O)[C@H](N)C1CCCCC1. The summed E-state index contributed by atoms with van der Waals surface area (Å²) in [5, 5.41) is 9.14. The number of hydrogen-bond acceptors (Lipinski definition) is 3. The van der Waals surface area contributed by atoms with Gasteiger partial charge in [0.1, 0.15) is 6.04 Å². The molecule has 1 amide bonds. The number of nitriles is 1. The van der Waals surface area contributed by atoms with Crippen LogP contribution in [0.2, 0.25) is 0 Å². The van der Waals surface area contributed by atoms with Crippen LogP contribution in [0.3, 0.4) is 0 Å². The fourth-order valence-corrected chi connectivity index (χ4v) is 3.28. The predicted octanol–water partition coefficient (Wildman–Crippen LogP) is 1.41. The molecular weight excluding hydrogens is 238 g/mol. The second-order valence-corrected chi connectivity index (χ2v) is 5.57. The summed E-state index contributed by atoms with van der Waals surface area (Å²) in [6.45, 7) is 0. The van der Waals surface area contributed by atoms with Gasteiger partial charge in [0, 0.05) is 0 Å². The molecule has 1 saturated heterocycles. The molecule has 2 fully saturated rings. The van der Waals surface area contributed by atoms with E-state index in [9.17, 15) is 4.79 Å². The van der Waals surface area contributed by atoms with Crippen molar-refractivity contribution in [2.45, 2.75) is 63.1 Å². The first-order valence-electron chi connectivity index (χ1n) is 7.12. The minimum absolute atomic E-state index is 0.126. The van der Waals surface area contributed by atoms with E-state index in [1.54, 1.807) is 4.90 Å². The lowest BCUT2D eigenvalue weighted by Gasteiger charge is -2.32. The van der Waals surface area contributed by atoms with E-state index in [1.165, 1.54) is 6.42 Å². The summed E-state index contributed by atoms with van der Waals surface area (Å²) in [7, 11) is 0. The zero-order valence-electron chi connectivity index (χ0n) is 11.2. The second-order valence-electron chi connectivity index (χ2n) is 5.57. The highest BCUT2D eigenvalue weighted by molar-refractivity contribution is 5.83. The van der Waals surface area contributed by atoms with Gasteiger partial charge in [-0.2, -0.15) is 5.26 Å². The maximum atomic E-state index is 12.5. The van der Waals surface area contributed by atoms with Crippen molar-refractivity contribution in [1.29, 1.82) is 5.26 Å². The van der Waals surface area contributed by atoms with Crippen LogP contribution in [0.5, 0.6) is 0 Å². The summed E-state index contributed by atoms with van der Waals surface area (Å²) in [5.74, 6) is 2.74. The van der Waals surface area contributed by atoms with E-state index >= 15 is 0 Å². The number of carbonyl (C=O) groups excluding carboxylic acids is 1. The van der Waals surface area contributed by atoms with Gasteiger partial charge in [0.05, 0.1) is 18.2 Å². The summed E-state index contributed by atoms with van der Waals surface area (Å²) in [6, 6.07) is 1.02. The van der Waals surface area contributed by atoms with E-state index in [4.69, 9.17) is 17.4 Å². The molecule has 3 atom stereocenters. The lowest BCUT2D eigenvalue weighted by Crippen LogP contribution is -2.52. The third-order valence-electron chi connectivity index (χ3n) is 4.42. The summed E-state index contributed by atoms with van der Waals surface area (Å²) in [6.07, 6.45) is 12.4. The van der Waals surface area contributed by atoms with Crippen molar-refractivity contribution in [3.05, 3.63) is 0 Å². The molecule has 2 N–H and O–H groups in total. The van der Waals surface area contributed by atoms with Crippen LogP contribution in [-0.4, -0.2) is 28.9 Å². The number of nitrogens with two attached hydrogens (primary N) is 1. The maximum Gasteiger partial charge on any atom is 0.241 e. The van der Waals surface area contributed by atoms with Gasteiger partial charge >= 0.3 is 0 Å². The van der Waals surface area contributed by atoms with Gasteiger partial charge in [-0.25, -0.2) is 0 Å². The molecule has 0 aromatic heterocycles. The van der Waals surface area contributed by atoms with Crippen LogP contribution < -0.4 is 5.73 Å². The highest BCUT2D eigenvalue weighted by Gasteiger charge is 2.40. The molecule has 1 heterocycles. The molecule has 0 unspecified atom stereocenters. The maximum absolute atomic E-state index is 12.5. The molecular formula is C15H21N3O. The molecule has 19 heavy (non-hydrogen) atoms. The molecule has 4 nitrogen and oxygen atoms in total. The molecule has 2 aliphatic rings. The Labute approximate surface area is 114 Å². The van der Waals surface area contributed by atoms with Crippen LogP contribution >= 0.6 is 0 Å². The van der Waals surface area contributed by atoms with Crippen molar-refractivity contribution in [1.82, 2.24) is 4.90 Å². The van der Waals surface area contributed by atoms with Gasteiger partial charge in [-0.15, -0.1) is 6.42 Å². The third-order valence-corrected chi connectivity index (χ3v) is 4.42. The molecule has 2 rings (SSSR count). The van der Waals surface area contributed by atoms with Crippen LogP contribution in [0.4, 0.5) is 0 Å². The minimum Gasteiger partial charge on any atom is -0.320 e. The van der Waals surface area contributed by atoms with Crippen molar-refractivity contribution >= 4 is 5.91 Å². The molecule has 4 heteroatoms. The first-order chi connectivity index (χ1) is 9.19. The van der Waals surface area contributed by atoms with Crippen LogP contribution in [0.15, 0.2) is 0 Å². The quantitative estimate of drug-likeness (QED) is 0.762. The molecule has 0 bridgehead atoms. The Hall–Kier alpha value is -1.52. The van der Waals surface area contributed by atoms with Crippen molar-refractivity contribution in [3.8, 4) is 18.4 Å². The van der Waals surface area contributed by atoms with E-state index in [0.717, 1.165) is 25.7 Å². The Morgan fingerprint density at radius 3 is 2.42 bits per heavy atom. The van der Waals surface area contributed by atoms with Crippen LogP contribution in [0.25, 0.3) is 0 Å². The number of hydrogen-bond donors (Lipinski definition) is 1. The predicted molar refractivity (Wildman–Crippen MR) is 72.7 cm³/mol. The smallest absolute Gasteiger partial charge is 0.241 e. The molecule has 1 aliphatic heterocycles. The number of nitrogens with zero attached hydrogens (tertiary/aromatic N) is 2. The number of likely N-dealkylation sites (tertiary alicyclic amines) is 1. The average molecular weight is 259 g/mol. The Morgan fingerprint density at radius 1 is 1.21 bits per heavy atom. The first kappa shape index (κ1) is 13.9. The fourth-order valence-electron chi connectivity index (χ4n) is 3.28. The topological polar surface area (TPSA) is 70.1 Å². The van der Waals surface area contributed by atoms with E-state index in [2.05, 4.69) is 12.0 Å². The molecule has 0 radical (unpaired) electrons. The summed E-state index contributed by atoms with van der Waals surface area (Å²) in [5.41, 5.74) is 6.14. The average Bonchev–Trinajstić information content (AvgIpc) is 2.89. The molecule has 1 saturated carbocycles. The zero-order valence-corrected chi connectivity index (χ0v) is 11.2. The van der Waals surface area contributed by atoms with Crippen molar-refractivity contribution in [2.24, 2.45) is 11.7 Å². The lowest BCUT2D eigenvalue weighted by atomic mass is 9.83. The van der Waals surface area contributed by atoms with E-state index in [-0.39, 0.29) is 17.9 Å². The second kappa shape index (κ2) is 6.08. The monoisotopic (exact) mass is 259 g/mol. The van der Waals surface area contributed by atoms with Gasteiger partial charge in [0.15, 0.2) is 0 Å². The van der Waals surface area contributed by atoms with Gasteiger partial charge in [-0.3, -0.25) is 4.79 Å². The molecule has 0 aromatic rings. The van der Waals surface area contributed by atoms with E-state index < -0.39 is 12.1 Å². The van der Waals surface area contributed by atoms with E-state index in [0.29, 0.717) is 12.8 Å². The van der Waals surface area contributed by atoms with Crippen LogP contribution in [0, 0.1) is 29.6 Å². The van der Waals surface area contributed by atoms with Gasteiger partial charge < -0.3 is 10.6 Å².